The van der Waals surface area contributed by atoms with Crippen LogP contribution >= 0.6 is 0 Å². The molecule has 100 valence electrons. The minimum Gasteiger partial charge on any atom is -0.468 e. The van der Waals surface area contributed by atoms with Crippen LogP contribution < -0.4 is 4.72 Å². The van der Waals surface area contributed by atoms with Crippen molar-refractivity contribution in [2.45, 2.75) is 32.9 Å². The zero-order valence-electron chi connectivity index (χ0n) is 10.7. The van der Waals surface area contributed by atoms with E-state index in [9.17, 15) is 18.0 Å². The van der Waals surface area contributed by atoms with Gasteiger partial charge in [0.2, 0.25) is 10.0 Å². The molecule has 0 saturated carbocycles. The van der Waals surface area contributed by atoms with Gasteiger partial charge in [0.25, 0.3) is 0 Å². The van der Waals surface area contributed by atoms with Crippen molar-refractivity contribution < 1.29 is 22.7 Å². The minimum atomic E-state index is -3.87. The quantitative estimate of drug-likeness (QED) is 0.711. The van der Waals surface area contributed by atoms with Gasteiger partial charge in [-0.25, -0.2) is 13.1 Å². The Morgan fingerprint density at radius 2 is 1.76 bits per heavy atom. The van der Waals surface area contributed by atoms with Crippen LogP contribution in [0.5, 0.6) is 0 Å². The topological polar surface area (TPSA) is 89.5 Å². The number of carbonyl (C=O) groups is 2. The van der Waals surface area contributed by atoms with E-state index in [1.165, 1.54) is 6.92 Å². The highest BCUT2D eigenvalue weighted by Gasteiger charge is 2.30. The smallest absolute Gasteiger partial charge is 0.325 e. The summed E-state index contributed by atoms with van der Waals surface area (Å²) < 4.78 is 29.6. The number of nitrogens with one attached hydrogen (secondary N) is 1. The summed E-state index contributed by atoms with van der Waals surface area (Å²) in [6, 6.07) is 0. The Kier molecular flexibility index (Phi) is 5.28. The molecule has 0 fully saturated rings. The first-order chi connectivity index (χ1) is 7.52. The van der Waals surface area contributed by atoms with Crippen molar-refractivity contribution in [1.29, 1.82) is 0 Å². The number of Topliss-reactive ketones (excluding diaryl/α,β-unsaturated/α-hetero) is 1. The van der Waals surface area contributed by atoms with Gasteiger partial charge in [-0.1, -0.05) is 20.8 Å². The number of rotatable bonds is 5. The highest BCUT2D eigenvalue weighted by atomic mass is 32.2. The fourth-order valence-corrected chi connectivity index (χ4v) is 1.78. The van der Waals surface area contributed by atoms with Gasteiger partial charge in [0.05, 0.1) is 13.7 Å². The predicted molar refractivity (Wildman–Crippen MR) is 62.9 cm³/mol. The molecule has 0 aliphatic rings. The number of carbonyl (C=O) groups excluding carboxylic acids is 2. The average Bonchev–Trinajstić information content (AvgIpc) is 2.22. The Balaban J connectivity index is 4.59. The lowest BCUT2D eigenvalue weighted by Crippen LogP contribution is -2.42. The summed E-state index contributed by atoms with van der Waals surface area (Å²) in [4.78, 5) is 22.6. The molecule has 0 spiro atoms. The number of methoxy groups -OCH3 is 1. The van der Waals surface area contributed by atoms with E-state index in [-0.39, 0.29) is 12.3 Å². The van der Waals surface area contributed by atoms with Crippen LogP contribution in [0.4, 0.5) is 0 Å². The van der Waals surface area contributed by atoms with Gasteiger partial charge in [-0.05, 0) is 6.92 Å². The van der Waals surface area contributed by atoms with E-state index in [0.717, 1.165) is 7.11 Å². The number of ether oxygens (including phenoxy) is 1. The third kappa shape index (κ3) is 4.82. The predicted octanol–water partition coefficient (Wildman–Crippen LogP) is 0.0825. The number of sulfonamides is 1. The zero-order chi connectivity index (χ0) is 13.9. The van der Waals surface area contributed by atoms with Crippen molar-refractivity contribution in [3.05, 3.63) is 0 Å². The van der Waals surface area contributed by atoms with Crippen LogP contribution in [0.2, 0.25) is 0 Å². The van der Waals surface area contributed by atoms with Gasteiger partial charge in [-0.15, -0.1) is 0 Å². The Morgan fingerprint density at radius 3 is 2.12 bits per heavy atom. The van der Waals surface area contributed by atoms with Crippen LogP contribution in [-0.2, 0) is 24.3 Å². The molecule has 1 atom stereocenters. The van der Waals surface area contributed by atoms with Gasteiger partial charge in [-0.2, -0.15) is 0 Å². The molecule has 7 heteroatoms. The maximum absolute atomic E-state index is 11.6. The number of esters is 1. The summed E-state index contributed by atoms with van der Waals surface area (Å²) in [7, 11) is -2.77. The molecular weight excluding hydrogens is 246 g/mol. The molecule has 6 nitrogen and oxygen atoms in total. The van der Waals surface area contributed by atoms with Crippen LogP contribution in [0, 0.1) is 5.41 Å². The highest BCUT2D eigenvalue weighted by Crippen LogP contribution is 2.14. The molecule has 0 aliphatic heterocycles. The Hall–Kier alpha value is -0.950. The van der Waals surface area contributed by atoms with Crippen molar-refractivity contribution in [2.24, 2.45) is 5.41 Å². The first kappa shape index (κ1) is 16.1. The number of hydrogen-bond acceptors (Lipinski definition) is 5. The second-order valence-electron chi connectivity index (χ2n) is 4.70. The molecular formula is C10H19NO5S. The summed E-state index contributed by atoms with van der Waals surface area (Å²) in [6.45, 7) is 5.94. The highest BCUT2D eigenvalue weighted by molar-refractivity contribution is 7.90. The van der Waals surface area contributed by atoms with Crippen molar-refractivity contribution in [3.63, 3.8) is 0 Å². The van der Waals surface area contributed by atoms with Crippen LogP contribution in [0.25, 0.3) is 0 Å². The largest absolute Gasteiger partial charge is 0.468 e. The van der Waals surface area contributed by atoms with Crippen LogP contribution in [0.3, 0.4) is 0 Å². The van der Waals surface area contributed by atoms with E-state index < -0.39 is 26.7 Å². The van der Waals surface area contributed by atoms with Crippen molar-refractivity contribution >= 4 is 21.8 Å². The third-order valence-corrected chi connectivity index (χ3v) is 3.94. The van der Waals surface area contributed by atoms with E-state index >= 15 is 0 Å². The molecule has 0 radical (unpaired) electrons. The van der Waals surface area contributed by atoms with Gasteiger partial charge in [0, 0.05) is 5.41 Å². The van der Waals surface area contributed by atoms with Crippen LogP contribution in [0.15, 0.2) is 0 Å². The van der Waals surface area contributed by atoms with Gasteiger partial charge < -0.3 is 4.74 Å². The summed E-state index contributed by atoms with van der Waals surface area (Å²) in [5, 5.41) is -1.33. The van der Waals surface area contributed by atoms with E-state index in [1.54, 1.807) is 20.8 Å². The zero-order valence-corrected chi connectivity index (χ0v) is 11.6. The van der Waals surface area contributed by atoms with Gasteiger partial charge in [0.15, 0.2) is 11.0 Å². The average molecular weight is 265 g/mol. The molecule has 0 aromatic rings. The summed E-state index contributed by atoms with van der Waals surface area (Å²) in [5.41, 5.74) is -0.628. The molecule has 0 heterocycles. The Morgan fingerprint density at radius 1 is 1.29 bits per heavy atom. The van der Waals surface area contributed by atoms with Crippen LogP contribution in [0.1, 0.15) is 27.7 Å². The third-order valence-electron chi connectivity index (χ3n) is 2.27. The molecule has 0 amide bonds. The number of ketones is 1. The normalized spacial score (nSPS) is 14.2. The van der Waals surface area contributed by atoms with E-state index in [1.807, 2.05) is 0 Å². The molecule has 1 N–H and O–H groups in total. The summed E-state index contributed by atoms with van der Waals surface area (Å²) in [5.74, 6) is -1.11. The molecule has 0 aliphatic carbocycles. The SMILES string of the molecule is COC(=O)C(C)S(=O)(=O)NCC(=O)C(C)(C)C. The van der Waals surface area contributed by atoms with E-state index in [2.05, 4.69) is 9.46 Å². The van der Waals surface area contributed by atoms with E-state index in [4.69, 9.17) is 0 Å². The van der Waals surface area contributed by atoms with Crippen molar-refractivity contribution in [2.75, 3.05) is 13.7 Å². The van der Waals surface area contributed by atoms with Gasteiger partial charge >= 0.3 is 5.97 Å². The van der Waals surface area contributed by atoms with Gasteiger partial charge in [-0.3, -0.25) is 9.59 Å². The molecule has 0 bridgehead atoms. The maximum atomic E-state index is 11.6. The molecule has 0 aromatic carbocycles. The summed E-state index contributed by atoms with van der Waals surface area (Å²) >= 11 is 0. The molecule has 0 saturated heterocycles. The van der Waals surface area contributed by atoms with Crippen LogP contribution in [-0.4, -0.2) is 39.1 Å². The summed E-state index contributed by atoms with van der Waals surface area (Å²) in [6.07, 6.45) is 0. The minimum absolute atomic E-state index is 0.252. The Labute approximate surface area is 102 Å². The monoisotopic (exact) mass is 265 g/mol. The molecule has 1 unspecified atom stereocenters. The fourth-order valence-electron chi connectivity index (χ4n) is 0.849. The molecule has 0 rings (SSSR count). The first-order valence-corrected chi connectivity index (χ1v) is 6.66. The molecule has 0 aromatic heterocycles. The van der Waals surface area contributed by atoms with Crippen molar-refractivity contribution in [3.8, 4) is 0 Å². The van der Waals surface area contributed by atoms with Gasteiger partial charge in [0.1, 0.15) is 0 Å². The maximum Gasteiger partial charge on any atom is 0.325 e. The lowest BCUT2D eigenvalue weighted by Gasteiger charge is -2.18. The fraction of sp³-hybridized carbons (Fsp3) is 0.800. The van der Waals surface area contributed by atoms with E-state index in [0.29, 0.717) is 0 Å². The molecule has 17 heavy (non-hydrogen) atoms. The second kappa shape index (κ2) is 5.59. The lowest BCUT2D eigenvalue weighted by atomic mass is 9.91. The Bertz CT molecular complexity index is 393. The first-order valence-electron chi connectivity index (χ1n) is 5.12. The second-order valence-corrected chi connectivity index (χ2v) is 6.79. The number of hydrogen-bond donors (Lipinski definition) is 1. The standard InChI is InChI=1S/C10H19NO5S/c1-7(9(13)16-5)17(14,15)11-6-8(12)10(2,3)4/h7,11H,6H2,1-5H3. The lowest BCUT2D eigenvalue weighted by molar-refractivity contribution is -0.139. The van der Waals surface area contributed by atoms with Crippen molar-refractivity contribution in [1.82, 2.24) is 4.72 Å².